The molecule has 0 saturated heterocycles. The molecule has 3 rings (SSSR count). The highest BCUT2D eigenvalue weighted by Gasteiger charge is 2.08. The van der Waals surface area contributed by atoms with E-state index in [9.17, 15) is 0 Å². The van der Waals surface area contributed by atoms with E-state index in [1.54, 1.807) is 17.7 Å². The maximum atomic E-state index is 4.26. The van der Waals surface area contributed by atoms with Crippen molar-refractivity contribution in [2.75, 3.05) is 5.32 Å². The lowest BCUT2D eigenvalue weighted by Crippen LogP contribution is -1.94. The van der Waals surface area contributed by atoms with E-state index < -0.39 is 0 Å². The van der Waals surface area contributed by atoms with Crippen LogP contribution in [0.25, 0.3) is 10.2 Å². The summed E-state index contributed by atoms with van der Waals surface area (Å²) in [5.41, 5.74) is 1.98. The van der Waals surface area contributed by atoms with Gasteiger partial charge in [-0.2, -0.15) is 5.10 Å². The van der Waals surface area contributed by atoms with E-state index in [0.717, 1.165) is 27.5 Å². The molecule has 0 aliphatic heterocycles. The Labute approximate surface area is 102 Å². The van der Waals surface area contributed by atoms with Crippen molar-refractivity contribution in [3.63, 3.8) is 0 Å². The van der Waals surface area contributed by atoms with Crippen molar-refractivity contribution in [1.29, 1.82) is 0 Å². The standard InChI is InChI=1S/C11H11N5S/c1-6-3-9(16-15-6)14-11-10-8(12-5-13-11)4-7(2)17-10/h3-5H,1-2H3,(H2,12,13,14,15,16). The van der Waals surface area contributed by atoms with Crippen molar-refractivity contribution >= 4 is 33.2 Å². The van der Waals surface area contributed by atoms with Gasteiger partial charge in [0, 0.05) is 16.6 Å². The smallest absolute Gasteiger partial charge is 0.153 e. The van der Waals surface area contributed by atoms with E-state index in [0.29, 0.717) is 0 Å². The van der Waals surface area contributed by atoms with E-state index in [2.05, 4.69) is 38.5 Å². The van der Waals surface area contributed by atoms with Gasteiger partial charge in [0.1, 0.15) is 6.33 Å². The van der Waals surface area contributed by atoms with Crippen LogP contribution in [0.4, 0.5) is 11.6 Å². The summed E-state index contributed by atoms with van der Waals surface area (Å²) in [6.45, 7) is 4.03. The van der Waals surface area contributed by atoms with E-state index in [-0.39, 0.29) is 0 Å². The molecule has 3 aromatic heterocycles. The van der Waals surface area contributed by atoms with Crippen LogP contribution in [-0.2, 0) is 0 Å². The molecule has 0 bridgehead atoms. The maximum absolute atomic E-state index is 4.26. The Kier molecular flexibility index (Phi) is 2.29. The average Bonchev–Trinajstić information content (AvgIpc) is 2.84. The second kappa shape index (κ2) is 3.81. The molecule has 0 atom stereocenters. The van der Waals surface area contributed by atoms with Gasteiger partial charge in [-0.05, 0) is 19.9 Å². The number of hydrogen-bond acceptors (Lipinski definition) is 5. The predicted molar refractivity (Wildman–Crippen MR) is 68.8 cm³/mol. The first-order valence-corrected chi connectivity index (χ1v) is 6.04. The topological polar surface area (TPSA) is 66.5 Å². The number of aromatic nitrogens is 4. The zero-order valence-corrected chi connectivity index (χ0v) is 10.3. The Balaban J connectivity index is 2.05. The highest BCUT2D eigenvalue weighted by molar-refractivity contribution is 7.19. The van der Waals surface area contributed by atoms with Gasteiger partial charge < -0.3 is 5.32 Å². The predicted octanol–water partition coefficient (Wildman–Crippen LogP) is 2.77. The molecule has 0 aliphatic rings. The first-order chi connectivity index (χ1) is 8.22. The minimum absolute atomic E-state index is 0.772. The summed E-state index contributed by atoms with van der Waals surface area (Å²) >= 11 is 1.68. The zero-order chi connectivity index (χ0) is 11.8. The minimum atomic E-state index is 0.772. The first kappa shape index (κ1) is 10.2. The highest BCUT2D eigenvalue weighted by Crippen LogP contribution is 2.29. The van der Waals surface area contributed by atoms with Crippen LogP contribution in [0.15, 0.2) is 18.5 Å². The fraction of sp³-hybridized carbons (Fsp3) is 0.182. The Bertz CT molecular complexity index is 669. The quantitative estimate of drug-likeness (QED) is 0.728. The molecule has 0 amide bonds. The third-order valence-electron chi connectivity index (χ3n) is 2.39. The SMILES string of the molecule is Cc1cc(Nc2ncnc3cc(C)sc23)n[nH]1. The number of hydrogen-bond donors (Lipinski definition) is 2. The molecular formula is C11H11N5S. The van der Waals surface area contributed by atoms with Gasteiger partial charge in [0.2, 0.25) is 0 Å². The highest BCUT2D eigenvalue weighted by atomic mass is 32.1. The van der Waals surface area contributed by atoms with Crippen LogP contribution in [-0.4, -0.2) is 20.2 Å². The summed E-state index contributed by atoms with van der Waals surface area (Å²) in [6.07, 6.45) is 1.57. The third kappa shape index (κ3) is 1.87. The molecule has 0 spiro atoms. The number of fused-ring (bicyclic) bond motifs is 1. The zero-order valence-electron chi connectivity index (χ0n) is 9.48. The number of aryl methyl sites for hydroxylation is 2. The molecule has 0 unspecified atom stereocenters. The molecule has 3 aromatic rings. The first-order valence-electron chi connectivity index (χ1n) is 5.22. The van der Waals surface area contributed by atoms with Gasteiger partial charge in [-0.3, -0.25) is 5.10 Å². The van der Waals surface area contributed by atoms with Gasteiger partial charge in [0.25, 0.3) is 0 Å². The number of aromatic amines is 1. The number of nitrogens with one attached hydrogen (secondary N) is 2. The van der Waals surface area contributed by atoms with Crippen LogP contribution >= 0.6 is 11.3 Å². The number of H-pyrrole nitrogens is 1. The second-order valence-corrected chi connectivity index (χ2v) is 5.11. The fourth-order valence-corrected chi connectivity index (χ4v) is 2.58. The lowest BCUT2D eigenvalue weighted by molar-refractivity contribution is 1.05. The van der Waals surface area contributed by atoms with Crippen molar-refractivity contribution in [2.24, 2.45) is 0 Å². The number of nitrogens with zero attached hydrogens (tertiary/aromatic N) is 3. The van der Waals surface area contributed by atoms with Gasteiger partial charge in [0.05, 0.1) is 10.2 Å². The molecule has 6 heteroatoms. The molecule has 2 N–H and O–H groups in total. The minimum Gasteiger partial charge on any atom is -0.322 e. The van der Waals surface area contributed by atoms with Crippen molar-refractivity contribution in [1.82, 2.24) is 20.2 Å². The molecule has 0 aromatic carbocycles. The monoisotopic (exact) mass is 245 g/mol. The lowest BCUT2D eigenvalue weighted by Gasteiger charge is -2.01. The molecule has 0 aliphatic carbocycles. The van der Waals surface area contributed by atoms with Crippen LogP contribution in [0, 0.1) is 13.8 Å². The van der Waals surface area contributed by atoms with Crippen molar-refractivity contribution in [3.05, 3.63) is 29.0 Å². The van der Waals surface area contributed by atoms with Gasteiger partial charge in [0.15, 0.2) is 11.6 Å². The normalized spacial score (nSPS) is 10.9. The van der Waals surface area contributed by atoms with E-state index >= 15 is 0 Å². The fourth-order valence-electron chi connectivity index (χ4n) is 1.67. The Morgan fingerprint density at radius 1 is 1.24 bits per heavy atom. The Morgan fingerprint density at radius 3 is 2.88 bits per heavy atom. The van der Waals surface area contributed by atoms with Crippen LogP contribution in [0.2, 0.25) is 0 Å². The van der Waals surface area contributed by atoms with Crippen molar-refractivity contribution in [3.8, 4) is 0 Å². The average molecular weight is 245 g/mol. The Morgan fingerprint density at radius 2 is 2.12 bits per heavy atom. The van der Waals surface area contributed by atoms with E-state index in [4.69, 9.17) is 0 Å². The number of anilines is 2. The summed E-state index contributed by atoms with van der Waals surface area (Å²) in [5, 5.41) is 10.2. The van der Waals surface area contributed by atoms with Crippen LogP contribution in [0.5, 0.6) is 0 Å². The molecule has 5 nitrogen and oxygen atoms in total. The van der Waals surface area contributed by atoms with E-state index in [1.807, 2.05) is 13.0 Å². The second-order valence-electron chi connectivity index (χ2n) is 3.85. The number of rotatable bonds is 2. The van der Waals surface area contributed by atoms with Crippen molar-refractivity contribution < 1.29 is 0 Å². The van der Waals surface area contributed by atoms with Gasteiger partial charge in [-0.1, -0.05) is 0 Å². The molecule has 0 radical (unpaired) electrons. The van der Waals surface area contributed by atoms with Gasteiger partial charge >= 0.3 is 0 Å². The van der Waals surface area contributed by atoms with Crippen LogP contribution < -0.4 is 5.32 Å². The molecule has 0 fully saturated rings. The molecule has 86 valence electrons. The summed E-state index contributed by atoms with van der Waals surface area (Å²) in [4.78, 5) is 9.72. The largest absolute Gasteiger partial charge is 0.322 e. The third-order valence-corrected chi connectivity index (χ3v) is 3.43. The summed E-state index contributed by atoms with van der Waals surface area (Å²) in [5.74, 6) is 1.58. The van der Waals surface area contributed by atoms with Gasteiger partial charge in [-0.15, -0.1) is 11.3 Å². The molecule has 3 heterocycles. The summed E-state index contributed by atoms with van der Waals surface area (Å²) in [7, 11) is 0. The summed E-state index contributed by atoms with van der Waals surface area (Å²) < 4.78 is 1.06. The number of thiophene rings is 1. The van der Waals surface area contributed by atoms with E-state index in [1.165, 1.54) is 4.88 Å². The lowest BCUT2D eigenvalue weighted by atomic mass is 10.4. The van der Waals surface area contributed by atoms with Crippen LogP contribution in [0.3, 0.4) is 0 Å². The maximum Gasteiger partial charge on any atom is 0.153 e. The molecule has 0 saturated carbocycles. The van der Waals surface area contributed by atoms with Crippen LogP contribution in [0.1, 0.15) is 10.6 Å². The molecule has 17 heavy (non-hydrogen) atoms. The Hall–Kier alpha value is -1.95. The molecular weight excluding hydrogens is 234 g/mol. The van der Waals surface area contributed by atoms with Gasteiger partial charge in [-0.25, -0.2) is 9.97 Å². The van der Waals surface area contributed by atoms with Crippen molar-refractivity contribution in [2.45, 2.75) is 13.8 Å². The summed E-state index contributed by atoms with van der Waals surface area (Å²) in [6, 6.07) is 4.00.